The Morgan fingerprint density at radius 1 is 1.23 bits per heavy atom. The fourth-order valence-electron chi connectivity index (χ4n) is 2.58. The molecular formula is C22H21ClN2O5. The molecule has 0 radical (unpaired) electrons. The number of carbonyl (C=O) groups is 2. The molecule has 0 aliphatic rings. The number of nitriles is 1. The van der Waals surface area contributed by atoms with E-state index in [1.165, 1.54) is 18.2 Å². The van der Waals surface area contributed by atoms with Crippen molar-refractivity contribution in [3.05, 3.63) is 57.6 Å². The average Bonchev–Trinajstić information content (AvgIpc) is 2.68. The highest BCUT2D eigenvalue weighted by molar-refractivity contribution is 6.32. The number of anilines is 1. The Morgan fingerprint density at radius 2 is 1.97 bits per heavy atom. The third-order valence-electron chi connectivity index (χ3n) is 3.99. The van der Waals surface area contributed by atoms with Crippen molar-refractivity contribution in [2.45, 2.75) is 20.8 Å². The van der Waals surface area contributed by atoms with Crippen molar-refractivity contribution in [1.29, 1.82) is 5.26 Å². The lowest BCUT2D eigenvalue weighted by atomic mass is 10.1. The fourth-order valence-corrected chi connectivity index (χ4v) is 2.86. The van der Waals surface area contributed by atoms with Crippen molar-refractivity contribution < 1.29 is 24.2 Å². The van der Waals surface area contributed by atoms with E-state index in [1.54, 1.807) is 6.92 Å². The van der Waals surface area contributed by atoms with Gasteiger partial charge >= 0.3 is 5.97 Å². The number of aliphatic carboxylic acids is 1. The maximum absolute atomic E-state index is 12.6. The van der Waals surface area contributed by atoms with Gasteiger partial charge in [-0.3, -0.25) is 4.79 Å². The molecule has 0 heterocycles. The second-order valence-electron chi connectivity index (χ2n) is 6.39. The minimum Gasteiger partial charge on any atom is -0.490 e. The highest BCUT2D eigenvalue weighted by Gasteiger charge is 2.16. The number of benzene rings is 2. The molecule has 156 valence electrons. The van der Waals surface area contributed by atoms with Gasteiger partial charge in [-0.1, -0.05) is 23.7 Å². The molecule has 7 nitrogen and oxygen atoms in total. The molecule has 0 aromatic heterocycles. The lowest BCUT2D eigenvalue weighted by molar-refractivity contribution is -0.139. The number of carboxylic acids is 1. The summed E-state index contributed by atoms with van der Waals surface area (Å²) in [6.07, 6.45) is 1.37. The van der Waals surface area contributed by atoms with Crippen LogP contribution >= 0.6 is 11.6 Å². The normalized spacial score (nSPS) is 10.8. The second-order valence-corrected chi connectivity index (χ2v) is 6.79. The number of carboxylic acid groups (broad SMARTS) is 1. The van der Waals surface area contributed by atoms with Crippen LogP contribution in [0.4, 0.5) is 5.69 Å². The summed E-state index contributed by atoms with van der Waals surface area (Å²) in [6.45, 7) is 5.20. The standard InChI is InChI=1S/C22H21ClN2O5/c1-4-29-19-10-15(9-17(23)21(19)30-12-20(26)27)8-16(11-24)22(28)25-18-7-13(2)5-6-14(18)3/h5-10H,4,12H2,1-3H3,(H,25,28)(H,26,27)/b16-8+. The first-order valence-corrected chi connectivity index (χ1v) is 9.44. The van der Waals surface area contributed by atoms with E-state index in [0.29, 0.717) is 11.3 Å². The topological polar surface area (TPSA) is 109 Å². The minimum absolute atomic E-state index is 0.0800. The molecule has 0 unspecified atom stereocenters. The third-order valence-corrected chi connectivity index (χ3v) is 4.27. The molecule has 30 heavy (non-hydrogen) atoms. The number of aryl methyl sites for hydroxylation is 2. The predicted molar refractivity (Wildman–Crippen MR) is 114 cm³/mol. The van der Waals surface area contributed by atoms with Crippen molar-refractivity contribution in [2.75, 3.05) is 18.5 Å². The summed E-state index contributed by atoms with van der Waals surface area (Å²) in [5.41, 5.74) is 2.76. The highest BCUT2D eigenvalue weighted by atomic mass is 35.5. The summed E-state index contributed by atoms with van der Waals surface area (Å²) in [7, 11) is 0. The Morgan fingerprint density at radius 3 is 2.60 bits per heavy atom. The van der Waals surface area contributed by atoms with E-state index in [9.17, 15) is 14.9 Å². The SMILES string of the molecule is CCOc1cc(/C=C(\C#N)C(=O)Nc2cc(C)ccc2C)cc(Cl)c1OCC(=O)O. The maximum Gasteiger partial charge on any atom is 0.341 e. The minimum atomic E-state index is -1.16. The second kappa shape index (κ2) is 10.3. The average molecular weight is 429 g/mol. The monoisotopic (exact) mass is 428 g/mol. The summed E-state index contributed by atoms with van der Waals surface area (Å²) in [5.74, 6) is -1.43. The van der Waals surface area contributed by atoms with E-state index < -0.39 is 18.5 Å². The zero-order chi connectivity index (χ0) is 22.3. The molecule has 0 aliphatic carbocycles. The van der Waals surface area contributed by atoms with Gasteiger partial charge in [0.15, 0.2) is 18.1 Å². The van der Waals surface area contributed by atoms with Crippen LogP contribution in [0, 0.1) is 25.2 Å². The van der Waals surface area contributed by atoms with E-state index in [4.69, 9.17) is 26.2 Å². The molecular weight excluding hydrogens is 408 g/mol. The Balaban J connectivity index is 2.36. The Labute approximate surface area is 179 Å². The smallest absolute Gasteiger partial charge is 0.341 e. The van der Waals surface area contributed by atoms with Crippen molar-refractivity contribution in [1.82, 2.24) is 0 Å². The Hall–Kier alpha value is -3.50. The van der Waals surface area contributed by atoms with Crippen LogP contribution in [0.5, 0.6) is 11.5 Å². The fraction of sp³-hybridized carbons (Fsp3) is 0.227. The maximum atomic E-state index is 12.6. The first kappa shape index (κ1) is 22.8. The highest BCUT2D eigenvalue weighted by Crippen LogP contribution is 2.37. The van der Waals surface area contributed by atoms with Gasteiger partial charge in [-0.25, -0.2) is 4.79 Å². The summed E-state index contributed by atoms with van der Waals surface area (Å²) in [4.78, 5) is 23.4. The van der Waals surface area contributed by atoms with Crippen LogP contribution in [0.1, 0.15) is 23.6 Å². The van der Waals surface area contributed by atoms with Gasteiger partial charge in [0.25, 0.3) is 5.91 Å². The van der Waals surface area contributed by atoms with E-state index >= 15 is 0 Å². The van der Waals surface area contributed by atoms with Gasteiger partial charge in [0.1, 0.15) is 11.6 Å². The summed E-state index contributed by atoms with van der Waals surface area (Å²) in [6, 6.07) is 10.5. The summed E-state index contributed by atoms with van der Waals surface area (Å²) in [5, 5.41) is 21.1. The molecule has 0 aliphatic heterocycles. The summed E-state index contributed by atoms with van der Waals surface area (Å²) >= 11 is 6.22. The van der Waals surface area contributed by atoms with Crippen LogP contribution < -0.4 is 14.8 Å². The number of hydrogen-bond acceptors (Lipinski definition) is 5. The molecule has 2 aromatic rings. The lowest BCUT2D eigenvalue weighted by Gasteiger charge is -2.13. The van der Waals surface area contributed by atoms with Crippen LogP contribution in [-0.4, -0.2) is 30.2 Å². The largest absolute Gasteiger partial charge is 0.490 e. The van der Waals surface area contributed by atoms with E-state index in [1.807, 2.05) is 38.1 Å². The van der Waals surface area contributed by atoms with Gasteiger partial charge in [0.2, 0.25) is 0 Å². The number of halogens is 1. The Bertz CT molecular complexity index is 1040. The van der Waals surface area contributed by atoms with Gasteiger partial charge in [-0.05, 0) is 61.7 Å². The van der Waals surface area contributed by atoms with Gasteiger partial charge in [0, 0.05) is 5.69 Å². The van der Waals surface area contributed by atoms with Crippen LogP contribution in [0.15, 0.2) is 35.9 Å². The molecule has 0 atom stereocenters. The zero-order valence-electron chi connectivity index (χ0n) is 16.8. The van der Waals surface area contributed by atoms with Crippen LogP contribution in [0.3, 0.4) is 0 Å². The van der Waals surface area contributed by atoms with Gasteiger partial charge < -0.3 is 19.9 Å². The molecule has 0 fully saturated rings. The van der Waals surface area contributed by atoms with E-state index in [0.717, 1.165) is 11.1 Å². The molecule has 2 rings (SSSR count). The first-order valence-electron chi connectivity index (χ1n) is 9.06. The molecule has 8 heteroatoms. The van der Waals surface area contributed by atoms with Crippen molar-refractivity contribution in [3.8, 4) is 17.6 Å². The third kappa shape index (κ3) is 6.00. The van der Waals surface area contributed by atoms with Gasteiger partial charge in [-0.15, -0.1) is 0 Å². The quantitative estimate of drug-likeness (QED) is 0.477. The zero-order valence-corrected chi connectivity index (χ0v) is 17.5. The number of rotatable bonds is 8. The number of nitrogens with zero attached hydrogens (tertiary/aromatic N) is 1. The van der Waals surface area contributed by atoms with Crippen LogP contribution in [0.25, 0.3) is 6.08 Å². The van der Waals surface area contributed by atoms with Crippen molar-refractivity contribution in [3.63, 3.8) is 0 Å². The van der Waals surface area contributed by atoms with Crippen LogP contribution in [0.2, 0.25) is 5.02 Å². The molecule has 2 N–H and O–H groups in total. The molecule has 0 bridgehead atoms. The van der Waals surface area contributed by atoms with Crippen molar-refractivity contribution >= 4 is 35.2 Å². The van der Waals surface area contributed by atoms with E-state index in [2.05, 4.69) is 5.32 Å². The lowest BCUT2D eigenvalue weighted by Crippen LogP contribution is -2.14. The summed E-state index contributed by atoms with van der Waals surface area (Å²) < 4.78 is 10.7. The number of carbonyl (C=O) groups excluding carboxylic acids is 1. The van der Waals surface area contributed by atoms with Gasteiger partial charge in [-0.2, -0.15) is 5.26 Å². The van der Waals surface area contributed by atoms with Crippen molar-refractivity contribution in [2.24, 2.45) is 0 Å². The van der Waals surface area contributed by atoms with Gasteiger partial charge in [0.05, 0.1) is 11.6 Å². The van der Waals surface area contributed by atoms with Crippen LogP contribution in [-0.2, 0) is 9.59 Å². The number of ether oxygens (including phenoxy) is 2. The molecule has 0 spiro atoms. The first-order chi connectivity index (χ1) is 14.2. The Kier molecular flexibility index (Phi) is 7.84. The predicted octanol–water partition coefficient (Wildman–Crippen LogP) is 4.36. The molecule has 2 aromatic carbocycles. The van der Waals surface area contributed by atoms with E-state index in [-0.39, 0.29) is 28.7 Å². The molecule has 1 amide bonds. The number of nitrogens with one attached hydrogen (secondary N) is 1. The molecule has 0 saturated heterocycles. The number of hydrogen-bond donors (Lipinski definition) is 2. The number of amides is 1. The molecule has 0 saturated carbocycles.